The number of H-pyrrole nitrogens is 1. The Hall–Kier alpha value is -2.74. The number of aromatic amines is 1. The molecule has 0 radical (unpaired) electrons. The fourth-order valence-electron chi connectivity index (χ4n) is 3.10. The Morgan fingerprint density at radius 2 is 2.00 bits per heavy atom. The van der Waals surface area contributed by atoms with E-state index in [4.69, 9.17) is 11.6 Å². The van der Waals surface area contributed by atoms with Crippen LogP contribution in [0.25, 0.3) is 21.9 Å². The van der Waals surface area contributed by atoms with Gasteiger partial charge in [-0.2, -0.15) is 13.2 Å². The minimum absolute atomic E-state index is 0.0193. The second-order valence-corrected chi connectivity index (χ2v) is 6.46. The number of hydrogen-bond donors (Lipinski definition) is 2. The number of aryl methyl sites for hydroxylation is 1. The van der Waals surface area contributed by atoms with Gasteiger partial charge in [-0.3, -0.25) is 0 Å². The highest BCUT2D eigenvalue weighted by molar-refractivity contribution is 6.31. The van der Waals surface area contributed by atoms with Crippen LogP contribution in [0.4, 0.5) is 29.2 Å². The van der Waals surface area contributed by atoms with E-state index in [9.17, 15) is 17.6 Å². The van der Waals surface area contributed by atoms with Crippen LogP contribution in [0, 0.1) is 5.82 Å². The lowest BCUT2D eigenvalue weighted by molar-refractivity contribution is -0.137. The van der Waals surface area contributed by atoms with E-state index in [1.54, 1.807) is 31.3 Å². The van der Waals surface area contributed by atoms with E-state index in [0.717, 1.165) is 17.0 Å². The van der Waals surface area contributed by atoms with Gasteiger partial charge in [-0.05, 0) is 37.3 Å². The van der Waals surface area contributed by atoms with Crippen molar-refractivity contribution in [3.63, 3.8) is 0 Å². The number of alkyl halides is 3. The van der Waals surface area contributed by atoms with E-state index in [1.165, 1.54) is 4.57 Å². The molecule has 2 N–H and O–H groups in total. The predicted octanol–water partition coefficient (Wildman–Crippen LogP) is 6.09. The molecule has 0 fully saturated rings. The molecule has 4 rings (SSSR count). The van der Waals surface area contributed by atoms with Gasteiger partial charge >= 0.3 is 6.18 Å². The lowest BCUT2D eigenvalue weighted by Gasteiger charge is -2.09. The maximum absolute atomic E-state index is 14.4. The van der Waals surface area contributed by atoms with E-state index < -0.39 is 17.6 Å². The molecular formula is C18H13ClF4N4. The van der Waals surface area contributed by atoms with Crippen molar-refractivity contribution in [2.75, 3.05) is 5.32 Å². The average Bonchev–Trinajstić information content (AvgIpc) is 3.15. The zero-order valence-electron chi connectivity index (χ0n) is 14.0. The van der Waals surface area contributed by atoms with Gasteiger partial charge in [0, 0.05) is 28.7 Å². The largest absolute Gasteiger partial charge is 0.416 e. The van der Waals surface area contributed by atoms with E-state index in [2.05, 4.69) is 15.3 Å². The number of benzene rings is 2. The summed E-state index contributed by atoms with van der Waals surface area (Å²) in [7, 11) is 0. The van der Waals surface area contributed by atoms with Crippen LogP contribution in [0.5, 0.6) is 0 Å². The van der Waals surface area contributed by atoms with Crippen LogP contribution in [-0.2, 0) is 12.7 Å². The topological polar surface area (TPSA) is 45.6 Å². The average molecular weight is 397 g/mol. The monoisotopic (exact) mass is 396 g/mol. The van der Waals surface area contributed by atoms with Crippen molar-refractivity contribution in [2.24, 2.45) is 0 Å². The summed E-state index contributed by atoms with van der Waals surface area (Å²) >= 11 is 6.04. The molecule has 2 heterocycles. The second-order valence-electron chi connectivity index (χ2n) is 6.02. The Bertz CT molecular complexity index is 1160. The van der Waals surface area contributed by atoms with Crippen LogP contribution >= 0.6 is 11.6 Å². The lowest BCUT2D eigenvalue weighted by atomic mass is 10.2. The summed E-state index contributed by atoms with van der Waals surface area (Å²) < 4.78 is 54.8. The number of halogens is 5. The standard InChI is InChI=1S/C18H13ClF4N4/c1-2-27-16-12(20)5-9(18(21,22)23)6-14(16)25-17(27)26-15-8-24-13-4-3-10(19)7-11(13)15/h3-8,24H,2H2,1H3,(H,25,26). The van der Waals surface area contributed by atoms with Crippen molar-refractivity contribution in [2.45, 2.75) is 19.6 Å². The molecule has 0 amide bonds. The van der Waals surface area contributed by atoms with Crippen LogP contribution in [0.15, 0.2) is 36.5 Å². The molecule has 0 atom stereocenters. The molecular weight excluding hydrogens is 384 g/mol. The van der Waals surface area contributed by atoms with Gasteiger partial charge in [-0.15, -0.1) is 0 Å². The molecule has 0 spiro atoms. The molecule has 9 heteroatoms. The van der Waals surface area contributed by atoms with Crippen LogP contribution in [-0.4, -0.2) is 14.5 Å². The molecule has 0 unspecified atom stereocenters. The van der Waals surface area contributed by atoms with E-state index in [-0.39, 0.29) is 17.0 Å². The Balaban J connectivity index is 1.86. The number of imidazole rings is 1. The molecule has 4 nitrogen and oxygen atoms in total. The van der Waals surface area contributed by atoms with Crippen molar-refractivity contribution in [3.05, 3.63) is 52.9 Å². The van der Waals surface area contributed by atoms with Gasteiger partial charge in [0.25, 0.3) is 0 Å². The maximum Gasteiger partial charge on any atom is 0.416 e. The van der Waals surface area contributed by atoms with Crippen LogP contribution in [0.3, 0.4) is 0 Å². The summed E-state index contributed by atoms with van der Waals surface area (Å²) in [6.45, 7) is 2.08. The number of rotatable bonds is 3. The molecule has 2 aromatic carbocycles. The van der Waals surface area contributed by atoms with Crippen LogP contribution in [0.1, 0.15) is 12.5 Å². The number of anilines is 2. The third-order valence-electron chi connectivity index (χ3n) is 4.33. The molecule has 0 aliphatic heterocycles. The van der Waals surface area contributed by atoms with Gasteiger partial charge in [0.05, 0.1) is 16.8 Å². The normalized spacial score (nSPS) is 12.2. The molecule has 0 saturated heterocycles. The summed E-state index contributed by atoms with van der Waals surface area (Å²) in [5, 5.41) is 4.39. The molecule has 0 bridgehead atoms. The molecule has 0 aliphatic rings. The molecule has 140 valence electrons. The number of hydrogen-bond acceptors (Lipinski definition) is 2. The van der Waals surface area contributed by atoms with Gasteiger partial charge in [0.2, 0.25) is 5.95 Å². The zero-order valence-corrected chi connectivity index (χ0v) is 14.7. The fraction of sp³-hybridized carbons (Fsp3) is 0.167. The van der Waals surface area contributed by atoms with Crippen LogP contribution in [0.2, 0.25) is 5.02 Å². The maximum atomic E-state index is 14.4. The summed E-state index contributed by atoms with van der Waals surface area (Å²) in [5.74, 6) is -0.726. The smallest absolute Gasteiger partial charge is 0.359 e. The number of fused-ring (bicyclic) bond motifs is 2. The van der Waals surface area contributed by atoms with Crippen LogP contribution < -0.4 is 5.32 Å². The molecule has 2 aromatic heterocycles. The van der Waals surface area contributed by atoms with Gasteiger partial charge in [-0.1, -0.05) is 11.6 Å². The molecule has 4 aromatic rings. The number of aromatic nitrogens is 3. The Morgan fingerprint density at radius 3 is 2.70 bits per heavy atom. The Kier molecular flexibility index (Phi) is 4.03. The summed E-state index contributed by atoms with van der Waals surface area (Å²) in [6.07, 6.45) is -2.95. The summed E-state index contributed by atoms with van der Waals surface area (Å²) in [5.41, 5.74) is 0.342. The Labute approximate surface area is 155 Å². The third-order valence-corrected chi connectivity index (χ3v) is 4.56. The second kappa shape index (κ2) is 6.16. The highest BCUT2D eigenvalue weighted by atomic mass is 35.5. The first-order valence-corrected chi connectivity index (χ1v) is 8.46. The van der Waals surface area contributed by atoms with Gasteiger partial charge < -0.3 is 14.9 Å². The molecule has 27 heavy (non-hydrogen) atoms. The SMILES string of the molecule is CCn1c(Nc2c[nH]c3ccc(Cl)cc23)nc2cc(C(F)(F)F)cc(F)c21. The van der Waals surface area contributed by atoms with Crippen molar-refractivity contribution in [3.8, 4) is 0 Å². The quantitative estimate of drug-likeness (QED) is 0.411. The summed E-state index contributed by atoms with van der Waals surface area (Å²) in [6, 6.07) is 6.63. The minimum atomic E-state index is -4.65. The van der Waals surface area contributed by atoms with E-state index >= 15 is 0 Å². The molecule has 0 aliphatic carbocycles. The molecule has 0 saturated carbocycles. The van der Waals surface area contributed by atoms with Crippen molar-refractivity contribution < 1.29 is 17.6 Å². The van der Waals surface area contributed by atoms with Crippen molar-refractivity contribution in [1.29, 1.82) is 0 Å². The van der Waals surface area contributed by atoms with Gasteiger partial charge in [-0.25, -0.2) is 9.37 Å². The first-order chi connectivity index (χ1) is 12.8. The highest BCUT2D eigenvalue weighted by Crippen LogP contribution is 2.35. The predicted molar refractivity (Wildman–Crippen MR) is 97.0 cm³/mol. The lowest BCUT2D eigenvalue weighted by Crippen LogP contribution is -2.06. The zero-order chi connectivity index (χ0) is 19.3. The first kappa shape index (κ1) is 17.7. The van der Waals surface area contributed by atoms with Crippen molar-refractivity contribution in [1.82, 2.24) is 14.5 Å². The van der Waals surface area contributed by atoms with Crippen molar-refractivity contribution >= 4 is 45.2 Å². The van der Waals surface area contributed by atoms with Gasteiger partial charge in [0.1, 0.15) is 11.3 Å². The summed E-state index contributed by atoms with van der Waals surface area (Å²) in [4.78, 5) is 7.25. The minimum Gasteiger partial charge on any atom is -0.359 e. The fourth-order valence-corrected chi connectivity index (χ4v) is 3.27. The highest BCUT2D eigenvalue weighted by Gasteiger charge is 2.32. The third kappa shape index (κ3) is 2.99. The number of nitrogens with zero attached hydrogens (tertiary/aromatic N) is 2. The first-order valence-electron chi connectivity index (χ1n) is 8.08. The van der Waals surface area contributed by atoms with E-state index in [0.29, 0.717) is 23.3 Å². The van der Waals surface area contributed by atoms with E-state index in [1.807, 2.05) is 0 Å². The number of nitrogens with one attached hydrogen (secondary N) is 2. The van der Waals surface area contributed by atoms with Gasteiger partial charge in [0.15, 0.2) is 0 Å². The Morgan fingerprint density at radius 1 is 1.22 bits per heavy atom.